The van der Waals surface area contributed by atoms with Gasteiger partial charge in [-0.25, -0.2) is 0 Å². The normalized spacial score (nSPS) is 11.9. The van der Waals surface area contributed by atoms with Crippen molar-refractivity contribution >= 4 is 11.9 Å². The van der Waals surface area contributed by atoms with Gasteiger partial charge in [0, 0.05) is 11.6 Å². The number of nitrogens with zero attached hydrogens (tertiary/aromatic N) is 1. The summed E-state index contributed by atoms with van der Waals surface area (Å²) in [7, 11) is 1.13. The molecule has 1 aromatic carbocycles. The Morgan fingerprint density at radius 2 is 1.93 bits per heavy atom. The molecule has 0 fully saturated rings. The van der Waals surface area contributed by atoms with E-state index >= 15 is 0 Å². The highest BCUT2D eigenvalue weighted by Crippen LogP contribution is 2.34. The van der Waals surface area contributed by atoms with Crippen molar-refractivity contribution in [2.24, 2.45) is 0 Å². The van der Waals surface area contributed by atoms with E-state index in [0.29, 0.717) is 0 Å². The number of aromatic nitrogens is 1. The highest BCUT2D eigenvalue weighted by molar-refractivity contribution is 5.72. The number of aromatic hydroxyl groups is 1. The molecule has 1 unspecified atom stereocenters. The van der Waals surface area contributed by atoms with E-state index in [4.69, 9.17) is 5.11 Å². The lowest BCUT2D eigenvalue weighted by atomic mass is 9.88. The van der Waals surface area contributed by atoms with Crippen LogP contribution >= 0.6 is 0 Å². The lowest BCUT2D eigenvalue weighted by molar-refractivity contribution is -0.141. The molecule has 0 saturated heterocycles. The zero-order valence-electron chi connectivity index (χ0n) is 15.6. The van der Waals surface area contributed by atoms with Crippen molar-refractivity contribution in [2.75, 3.05) is 7.11 Å². The number of carbonyl (C=O) groups excluding carboxylic acids is 1. The molecule has 1 heterocycles. The van der Waals surface area contributed by atoms with Crippen LogP contribution in [0.1, 0.15) is 29.2 Å². The number of carboxylic acid groups (broad SMARTS) is 1. The molecule has 2 aromatic rings. The highest BCUT2D eigenvalue weighted by Gasteiger charge is 2.27. The van der Waals surface area contributed by atoms with Crippen LogP contribution in [0.5, 0.6) is 11.5 Å². The van der Waals surface area contributed by atoms with Crippen LogP contribution in [-0.2, 0) is 20.9 Å². The molecule has 2 rings (SSSR count). The summed E-state index contributed by atoms with van der Waals surface area (Å²) in [4.78, 5) is 36.0. The number of aliphatic carboxylic acids is 1. The third-order valence-electron chi connectivity index (χ3n) is 4.25. The lowest BCUT2D eigenvalue weighted by Crippen LogP contribution is -2.30. The molecule has 0 aliphatic carbocycles. The van der Waals surface area contributed by atoms with Crippen molar-refractivity contribution < 1.29 is 38.1 Å². The van der Waals surface area contributed by atoms with Crippen LogP contribution < -0.4 is 10.3 Å². The van der Waals surface area contributed by atoms with Crippen LogP contribution in [0.2, 0.25) is 0 Å². The highest BCUT2D eigenvalue weighted by atomic mass is 19.3. The van der Waals surface area contributed by atoms with Crippen LogP contribution in [0, 0.1) is 6.92 Å². The minimum absolute atomic E-state index is 0.199. The molecule has 156 valence electrons. The number of hydrogen-bond acceptors (Lipinski definition) is 6. The second-order valence-corrected chi connectivity index (χ2v) is 6.15. The van der Waals surface area contributed by atoms with E-state index in [1.54, 1.807) is 0 Å². The first-order valence-electron chi connectivity index (χ1n) is 8.40. The van der Waals surface area contributed by atoms with Gasteiger partial charge >= 0.3 is 18.6 Å². The van der Waals surface area contributed by atoms with Crippen molar-refractivity contribution in [3.63, 3.8) is 0 Å². The Morgan fingerprint density at radius 3 is 2.52 bits per heavy atom. The quantitative estimate of drug-likeness (QED) is 0.640. The number of halogens is 2. The summed E-state index contributed by atoms with van der Waals surface area (Å²) >= 11 is 0. The van der Waals surface area contributed by atoms with Crippen molar-refractivity contribution in [3.8, 4) is 11.5 Å². The first kappa shape index (κ1) is 21.9. The molecular weight excluding hydrogens is 392 g/mol. The minimum atomic E-state index is -3.08. The van der Waals surface area contributed by atoms with Gasteiger partial charge in [0.15, 0.2) is 0 Å². The maximum Gasteiger partial charge on any atom is 0.387 e. The zero-order chi connectivity index (χ0) is 21.7. The average Bonchev–Trinajstić information content (AvgIpc) is 2.63. The maximum atomic E-state index is 12.9. The molecule has 1 atom stereocenters. The summed E-state index contributed by atoms with van der Waals surface area (Å²) in [5, 5.41) is 19.5. The molecule has 29 heavy (non-hydrogen) atoms. The van der Waals surface area contributed by atoms with E-state index in [0.717, 1.165) is 11.7 Å². The number of pyridine rings is 1. The Kier molecular flexibility index (Phi) is 6.92. The Labute approximate surface area is 163 Å². The third kappa shape index (κ3) is 5.31. The van der Waals surface area contributed by atoms with Crippen molar-refractivity contribution in [2.45, 2.75) is 32.4 Å². The largest absolute Gasteiger partial charge is 0.507 e. The van der Waals surface area contributed by atoms with Gasteiger partial charge in [0.2, 0.25) is 0 Å². The number of benzene rings is 1. The second-order valence-electron chi connectivity index (χ2n) is 6.15. The van der Waals surface area contributed by atoms with E-state index in [-0.39, 0.29) is 22.6 Å². The van der Waals surface area contributed by atoms with Crippen LogP contribution in [0.4, 0.5) is 8.78 Å². The van der Waals surface area contributed by atoms with Crippen LogP contribution in [0.15, 0.2) is 35.1 Å². The fourth-order valence-corrected chi connectivity index (χ4v) is 2.97. The minimum Gasteiger partial charge on any atom is -0.507 e. The first-order chi connectivity index (χ1) is 13.6. The third-order valence-corrected chi connectivity index (χ3v) is 4.25. The van der Waals surface area contributed by atoms with Crippen molar-refractivity contribution in [1.82, 2.24) is 4.57 Å². The second kappa shape index (κ2) is 9.18. The number of ether oxygens (including phenoxy) is 2. The van der Waals surface area contributed by atoms with Crippen molar-refractivity contribution in [3.05, 3.63) is 57.5 Å². The van der Waals surface area contributed by atoms with Crippen molar-refractivity contribution in [1.29, 1.82) is 0 Å². The molecule has 0 aliphatic heterocycles. The van der Waals surface area contributed by atoms with Crippen LogP contribution in [-0.4, -0.2) is 40.4 Å². The molecule has 0 bridgehead atoms. The topological polar surface area (TPSA) is 115 Å². The van der Waals surface area contributed by atoms with Gasteiger partial charge < -0.3 is 24.3 Å². The number of aryl methyl sites for hydroxylation is 1. The number of methoxy groups -OCH3 is 1. The monoisotopic (exact) mass is 411 g/mol. The number of carboxylic acids is 1. The van der Waals surface area contributed by atoms with Gasteiger partial charge in [-0.2, -0.15) is 8.78 Å². The van der Waals surface area contributed by atoms with Gasteiger partial charge in [-0.15, -0.1) is 0 Å². The van der Waals surface area contributed by atoms with Gasteiger partial charge in [-0.05, 0) is 30.7 Å². The summed E-state index contributed by atoms with van der Waals surface area (Å²) in [6, 6.07) is 6.52. The lowest BCUT2D eigenvalue weighted by Gasteiger charge is -2.20. The average molecular weight is 411 g/mol. The Bertz CT molecular complexity index is 972. The summed E-state index contributed by atoms with van der Waals surface area (Å²) in [5.41, 5.74) is -0.646. The molecule has 0 aliphatic rings. The summed E-state index contributed by atoms with van der Waals surface area (Å²) in [6.07, 6.45) is -0.395. The Balaban J connectivity index is 2.67. The fourth-order valence-electron chi connectivity index (χ4n) is 2.97. The first-order valence-corrected chi connectivity index (χ1v) is 8.40. The molecule has 8 nitrogen and oxygen atoms in total. The standard InChI is InChI=1S/C19H19F2NO7/c1-10-6-14(23)17(18(27)22(10)9-15(24)25)13(8-16(26)28-2)11-4-3-5-12(7-11)29-19(20)21/h3-7,13,19,23H,8-9H2,1-2H3,(H,24,25). The molecule has 10 heteroatoms. The number of rotatable bonds is 8. The molecule has 2 N–H and O–H groups in total. The van der Waals surface area contributed by atoms with E-state index in [1.165, 1.54) is 37.3 Å². The SMILES string of the molecule is COC(=O)CC(c1cccc(OC(F)F)c1)c1c(O)cc(C)n(CC(=O)O)c1=O. The molecule has 0 saturated carbocycles. The summed E-state index contributed by atoms with van der Waals surface area (Å²) in [5.74, 6) is -3.74. The van der Waals surface area contributed by atoms with Gasteiger partial charge in [0.05, 0.1) is 19.1 Å². The summed E-state index contributed by atoms with van der Waals surface area (Å²) < 4.78 is 35.0. The predicted octanol–water partition coefficient (Wildman–Crippen LogP) is 2.24. The van der Waals surface area contributed by atoms with Crippen LogP contribution in [0.3, 0.4) is 0 Å². The van der Waals surface area contributed by atoms with Gasteiger partial charge in [0.1, 0.15) is 18.0 Å². The molecule has 0 spiro atoms. The number of hydrogen-bond donors (Lipinski definition) is 2. The van der Waals surface area contributed by atoms with Gasteiger partial charge in [-0.3, -0.25) is 14.4 Å². The Hall–Kier alpha value is -3.43. The molecule has 0 radical (unpaired) electrons. The molecule has 1 aromatic heterocycles. The number of alkyl halides is 2. The Morgan fingerprint density at radius 1 is 1.24 bits per heavy atom. The number of esters is 1. The predicted molar refractivity (Wildman–Crippen MR) is 96.3 cm³/mol. The smallest absolute Gasteiger partial charge is 0.387 e. The van der Waals surface area contributed by atoms with Crippen LogP contribution in [0.25, 0.3) is 0 Å². The van der Waals surface area contributed by atoms with E-state index < -0.39 is 48.7 Å². The van der Waals surface area contributed by atoms with E-state index in [9.17, 15) is 28.3 Å². The molecular formula is C19H19F2NO7. The summed E-state index contributed by atoms with van der Waals surface area (Å²) in [6.45, 7) is -2.29. The number of carbonyl (C=O) groups is 2. The van der Waals surface area contributed by atoms with E-state index in [2.05, 4.69) is 9.47 Å². The molecule has 0 amide bonds. The zero-order valence-corrected chi connectivity index (χ0v) is 15.6. The van der Waals surface area contributed by atoms with Gasteiger partial charge in [-0.1, -0.05) is 12.1 Å². The maximum absolute atomic E-state index is 12.9. The fraction of sp³-hybridized carbons (Fsp3) is 0.316. The van der Waals surface area contributed by atoms with E-state index in [1.807, 2.05) is 0 Å². The van der Waals surface area contributed by atoms with Gasteiger partial charge in [0.25, 0.3) is 5.56 Å².